The number of halogens is 1. The van der Waals surface area contributed by atoms with Gasteiger partial charge in [-0.25, -0.2) is 0 Å². The highest BCUT2D eigenvalue weighted by molar-refractivity contribution is 9.10. The van der Waals surface area contributed by atoms with Crippen molar-refractivity contribution in [2.75, 3.05) is 37.6 Å². The Morgan fingerprint density at radius 3 is 2.31 bits per heavy atom. The van der Waals surface area contributed by atoms with Crippen molar-refractivity contribution >= 4 is 21.6 Å². The zero-order valence-corrected chi connectivity index (χ0v) is 10.8. The second-order valence-corrected chi connectivity index (χ2v) is 4.86. The summed E-state index contributed by atoms with van der Waals surface area (Å²) in [6, 6.07) is 8.48. The van der Waals surface area contributed by atoms with Crippen LogP contribution in [-0.4, -0.2) is 37.6 Å². The maximum absolute atomic E-state index is 5.31. The molecular formula is C13H15BrN2. The normalized spacial score (nSPS) is 17.1. The molecule has 0 radical (unpaired) electrons. The summed E-state index contributed by atoms with van der Waals surface area (Å²) in [6.45, 7) is 5.00. The highest BCUT2D eigenvalue weighted by Gasteiger charge is 2.15. The van der Waals surface area contributed by atoms with E-state index in [0.717, 1.165) is 37.2 Å². The van der Waals surface area contributed by atoms with Crippen LogP contribution in [0.4, 0.5) is 5.69 Å². The minimum Gasteiger partial charge on any atom is -0.369 e. The highest BCUT2D eigenvalue weighted by Crippen LogP contribution is 2.19. The maximum Gasteiger partial charge on any atom is 0.0600 e. The predicted octanol–water partition coefficient (Wildman–Crippen LogP) is 2.20. The molecule has 84 valence electrons. The van der Waals surface area contributed by atoms with E-state index in [1.165, 1.54) is 5.69 Å². The predicted molar refractivity (Wildman–Crippen MR) is 71.6 cm³/mol. The monoisotopic (exact) mass is 278 g/mol. The smallest absolute Gasteiger partial charge is 0.0600 e. The number of benzene rings is 1. The lowest BCUT2D eigenvalue weighted by molar-refractivity contribution is 0.288. The summed E-state index contributed by atoms with van der Waals surface area (Å²) >= 11 is 3.45. The van der Waals surface area contributed by atoms with Crippen LogP contribution in [0.2, 0.25) is 0 Å². The third-order valence-corrected chi connectivity index (χ3v) is 3.41. The molecule has 1 saturated heterocycles. The van der Waals surface area contributed by atoms with Gasteiger partial charge in [0.05, 0.1) is 6.54 Å². The van der Waals surface area contributed by atoms with E-state index in [0.29, 0.717) is 0 Å². The van der Waals surface area contributed by atoms with Crippen LogP contribution >= 0.6 is 15.9 Å². The summed E-state index contributed by atoms with van der Waals surface area (Å²) in [5, 5.41) is 0. The summed E-state index contributed by atoms with van der Waals surface area (Å²) in [6.07, 6.45) is 5.31. The molecule has 1 fully saturated rings. The van der Waals surface area contributed by atoms with E-state index < -0.39 is 0 Å². The SMILES string of the molecule is C#CCN1CCN(c2ccc(Br)cc2)CC1. The lowest BCUT2D eigenvalue weighted by atomic mass is 10.2. The lowest BCUT2D eigenvalue weighted by Crippen LogP contribution is -2.46. The number of piperazine rings is 1. The van der Waals surface area contributed by atoms with E-state index in [4.69, 9.17) is 6.42 Å². The lowest BCUT2D eigenvalue weighted by Gasteiger charge is -2.35. The molecule has 0 aliphatic carbocycles. The number of hydrogen-bond acceptors (Lipinski definition) is 2. The van der Waals surface area contributed by atoms with Gasteiger partial charge in [0.2, 0.25) is 0 Å². The fourth-order valence-electron chi connectivity index (χ4n) is 1.95. The second-order valence-electron chi connectivity index (χ2n) is 3.94. The molecule has 0 atom stereocenters. The van der Waals surface area contributed by atoms with Gasteiger partial charge >= 0.3 is 0 Å². The Hall–Kier alpha value is -0.980. The van der Waals surface area contributed by atoms with Gasteiger partial charge in [-0.1, -0.05) is 21.9 Å². The zero-order valence-electron chi connectivity index (χ0n) is 9.19. The summed E-state index contributed by atoms with van der Waals surface area (Å²) in [7, 11) is 0. The Balaban J connectivity index is 1.94. The molecule has 1 heterocycles. The Labute approximate surface area is 105 Å². The fourth-order valence-corrected chi connectivity index (χ4v) is 2.21. The number of hydrogen-bond donors (Lipinski definition) is 0. The van der Waals surface area contributed by atoms with Gasteiger partial charge in [-0.15, -0.1) is 6.42 Å². The van der Waals surface area contributed by atoms with Crippen LogP contribution in [0.1, 0.15) is 0 Å². The molecule has 0 bridgehead atoms. The summed E-state index contributed by atoms with van der Waals surface area (Å²) in [4.78, 5) is 4.72. The third kappa shape index (κ3) is 2.78. The van der Waals surface area contributed by atoms with Crippen LogP contribution in [0.5, 0.6) is 0 Å². The van der Waals surface area contributed by atoms with E-state index in [1.54, 1.807) is 0 Å². The van der Waals surface area contributed by atoms with Gasteiger partial charge in [-0.3, -0.25) is 4.90 Å². The Morgan fingerprint density at radius 2 is 1.75 bits per heavy atom. The number of anilines is 1. The minimum atomic E-state index is 0.772. The number of rotatable bonds is 2. The Morgan fingerprint density at radius 1 is 1.12 bits per heavy atom. The van der Waals surface area contributed by atoms with Crippen LogP contribution in [0.15, 0.2) is 28.7 Å². The van der Waals surface area contributed by atoms with Gasteiger partial charge < -0.3 is 4.90 Å². The standard InChI is InChI=1S/C13H15BrN2/c1-2-7-15-8-10-16(11-9-15)13-5-3-12(14)4-6-13/h1,3-6H,7-11H2. The average molecular weight is 279 g/mol. The first-order valence-corrected chi connectivity index (χ1v) is 6.25. The van der Waals surface area contributed by atoms with Crippen LogP contribution in [0.3, 0.4) is 0 Å². The van der Waals surface area contributed by atoms with Gasteiger partial charge in [0.25, 0.3) is 0 Å². The molecule has 0 unspecified atom stereocenters. The molecule has 0 aromatic heterocycles. The molecule has 3 heteroatoms. The first kappa shape index (κ1) is 11.5. The zero-order chi connectivity index (χ0) is 11.4. The third-order valence-electron chi connectivity index (χ3n) is 2.88. The largest absolute Gasteiger partial charge is 0.369 e. The van der Waals surface area contributed by atoms with Crippen molar-refractivity contribution in [3.05, 3.63) is 28.7 Å². The average Bonchev–Trinajstić information content (AvgIpc) is 2.32. The van der Waals surface area contributed by atoms with Gasteiger partial charge in [-0.2, -0.15) is 0 Å². The second kappa shape index (κ2) is 5.38. The maximum atomic E-state index is 5.31. The summed E-state index contributed by atoms with van der Waals surface area (Å²) < 4.78 is 1.13. The van der Waals surface area contributed by atoms with Gasteiger partial charge in [0.1, 0.15) is 0 Å². The molecule has 0 N–H and O–H groups in total. The highest BCUT2D eigenvalue weighted by atomic mass is 79.9. The van der Waals surface area contributed by atoms with Crippen molar-refractivity contribution < 1.29 is 0 Å². The minimum absolute atomic E-state index is 0.772. The molecule has 1 aliphatic heterocycles. The molecule has 1 aromatic rings. The molecule has 0 spiro atoms. The topological polar surface area (TPSA) is 6.48 Å². The van der Waals surface area contributed by atoms with Gasteiger partial charge in [-0.05, 0) is 24.3 Å². The van der Waals surface area contributed by atoms with Gasteiger partial charge in [0, 0.05) is 36.3 Å². The van der Waals surface area contributed by atoms with Crippen molar-refractivity contribution in [3.63, 3.8) is 0 Å². The number of nitrogens with zero attached hydrogens (tertiary/aromatic N) is 2. The van der Waals surface area contributed by atoms with Crippen LogP contribution in [0, 0.1) is 12.3 Å². The first-order chi connectivity index (χ1) is 7.79. The van der Waals surface area contributed by atoms with E-state index in [1.807, 2.05) is 0 Å². The summed E-state index contributed by atoms with van der Waals surface area (Å²) in [5.74, 6) is 2.70. The molecule has 16 heavy (non-hydrogen) atoms. The number of terminal acetylenes is 1. The molecule has 2 rings (SSSR count). The molecular weight excluding hydrogens is 264 g/mol. The fraction of sp³-hybridized carbons (Fsp3) is 0.385. The van der Waals surface area contributed by atoms with Crippen molar-refractivity contribution in [1.82, 2.24) is 4.90 Å². The molecule has 1 aliphatic rings. The van der Waals surface area contributed by atoms with Crippen LogP contribution in [0.25, 0.3) is 0 Å². The Bertz CT molecular complexity index is 372. The quantitative estimate of drug-likeness (QED) is 0.766. The summed E-state index contributed by atoms with van der Waals surface area (Å²) in [5.41, 5.74) is 1.29. The van der Waals surface area contributed by atoms with Crippen molar-refractivity contribution in [2.45, 2.75) is 0 Å². The van der Waals surface area contributed by atoms with Crippen molar-refractivity contribution in [3.8, 4) is 12.3 Å². The van der Waals surface area contributed by atoms with E-state index in [9.17, 15) is 0 Å². The Kier molecular flexibility index (Phi) is 3.87. The van der Waals surface area contributed by atoms with Crippen molar-refractivity contribution in [2.24, 2.45) is 0 Å². The molecule has 0 amide bonds. The van der Waals surface area contributed by atoms with E-state index in [2.05, 4.69) is 55.9 Å². The van der Waals surface area contributed by atoms with Crippen molar-refractivity contribution in [1.29, 1.82) is 0 Å². The van der Waals surface area contributed by atoms with E-state index >= 15 is 0 Å². The van der Waals surface area contributed by atoms with Crippen LogP contribution in [-0.2, 0) is 0 Å². The first-order valence-electron chi connectivity index (χ1n) is 5.46. The van der Waals surface area contributed by atoms with Crippen LogP contribution < -0.4 is 4.90 Å². The van der Waals surface area contributed by atoms with Gasteiger partial charge in [0.15, 0.2) is 0 Å². The molecule has 0 saturated carbocycles. The molecule has 2 nitrogen and oxygen atoms in total. The van der Waals surface area contributed by atoms with E-state index in [-0.39, 0.29) is 0 Å². The molecule has 1 aromatic carbocycles.